The summed E-state index contributed by atoms with van der Waals surface area (Å²) in [6, 6.07) is 0. The number of nitrogens with one attached hydrogen (secondary N) is 1. The van der Waals surface area contributed by atoms with Crippen molar-refractivity contribution in [3.63, 3.8) is 0 Å². The van der Waals surface area contributed by atoms with E-state index >= 15 is 0 Å². The van der Waals surface area contributed by atoms with Crippen LogP contribution < -0.4 is 5.32 Å². The molecule has 4 nitrogen and oxygen atoms in total. The molecule has 0 bridgehead atoms. The Balaban J connectivity index is 3.61. The van der Waals surface area contributed by atoms with Crippen molar-refractivity contribution in [2.24, 2.45) is 0 Å². The molecule has 0 heterocycles. The van der Waals surface area contributed by atoms with Crippen LogP contribution in [0.5, 0.6) is 0 Å². The minimum Gasteiger partial charge on any atom is -0.355 e. The summed E-state index contributed by atoms with van der Waals surface area (Å²) in [5.41, 5.74) is 0. The SMILES string of the molecule is CCCNC(=O)CN(C)C(=O)Cl. The molecule has 0 rings (SSSR count). The zero-order valence-corrected chi connectivity index (χ0v) is 8.02. The lowest BCUT2D eigenvalue weighted by Crippen LogP contribution is -2.36. The van der Waals surface area contributed by atoms with Gasteiger partial charge < -0.3 is 10.2 Å². The highest BCUT2D eigenvalue weighted by Gasteiger charge is 2.08. The third kappa shape index (κ3) is 4.96. The number of carbonyl (C=O) groups is 2. The van der Waals surface area contributed by atoms with Crippen LogP contribution in [0.4, 0.5) is 4.79 Å². The number of halogens is 1. The van der Waals surface area contributed by atoms with Gasteiger partial charge in [0.1, 0.15) is 6.54 Å². The fourth-order valence-electron chi connectivity index (χ4n) is 0.598. The highest BCUT2D eigenvalue weighted by atomic mass is 35.5. The van der Waals surface area contributed by atoms with E-state index in [4.69, 9.17) is 11.6 Å². The Kier molecular flexibility index (Phi) is 5.45. The Morgan fingerprint density at radius 2 is 2.08 bits per heavy atom. The summed E-state index contributed by atoms with van der Waals surface area (Å²) in [6.45, 7) is 2.60. The van der Waals surface area contributed by atoms with E-state index in [-0.39, 0.29) is 12.5 Å². The second-order valence-electron chi connectivity index (χ2n) is 2.46. The number of nitrogens with zero attached hydrogens (tertiary/aromatic N) is 1. The van der Waals surface area contributed by atoms with Crippen molar-refractivity contribution >= 4 is 22.9 Å². The largest absolute Gasteiger partial charge is 0.355 e. The number of rotatable bonds is 4. The molecule has 0 aliphatic rings. The predicted molar refractivity (Wildman–Crippen MR) is 47.2 cm³/mol. The smallest absolute Gasteiger partial charge is 0.316 e. The molecular formula is C7H13ClN2O2. The van der Waals surface area contributed by atoms with Crippen molar-refractivity contribution in [1.82, 2.24) is 10.2 Å². The van der Waals surface area contributed by atoms with E-state index in [1.54, 1.807) is 0 Å². The Morgan fingerprint density at radius 1 is 1.50 bits per heavy atom. The molecule has 0 atom stereocenters. The van der Waals surface area contributed by atoms with Crippen LogP contribution in [0.2, 0.25) is 0 Å². The second kappa shape index (κ2) is 5.83. The van der Waals surface area contributed by atoms with Crippen molar-refractivity contribution in [1.29, 1.82) is 0 Å². The Morgan fingerprint density at radius 3 is 2.50 bits per heavy atom. The molecular weight excluding hydrogens is 180 g/mol. The molecule has 0 saturated carbocycles. The number of hydrogen-bond acceptors (Lipinski definition) is 2. The lowest BCUT2D eigenvalue weighted by Gasteiger charge is -2.12. The fourth-order valence-corrected chi connectivity index (χ4v) is 0.658. The van der Waals surface area contributed by atoms with Crippen LogP contribution in [0.3, 0.4) is 0 Å². The molecule has 0 spiro atoms. The zero-order chi connectivity index (χ0) is 9.56. The normalized spacial score (nSPS) is 9.25. The van der Waals surface area contributed by atoms with Crippen LogP contribution in [0, 0.1) is 0 Å². The van der Waals surface area contributed by atoms with Crippen LogP contribution in [0.1, 0.15) is 13.3 Å². The van der Waals surface area contributed by atoms with Gasteiger partial charge in [-0.3, -0.25) is 9.59 Å². The molecule has 0 unspecified atom stereocenters. The maximum absolute atomic E-state index is 11.0. The van der Waals surface area contributed by atoms with Gasteiger partial charge in [0, 0.05) is 13.6 Å². The van der Waals surface area contributed by atoms with Crippen molar-refractivity contribution in [3.05, 3.63) is 0 Å². The van der Waals surface area contributed by atoms with Gasteiger partial charge in [-0.25, -0.2) is 0 Å². The van der Waals surface area contributed by atoms with Crippen molar-refractivity contribution in [2.75, 3.05) is 20.1 Å². The maximum Gasteiger partial charge on any atom is 0.316 e. The van der Waals surface area contributed by atoms with E-state index in [0.717, 1.165) is 11.3 Å². The molecule has 0 radical (unpaired) electrons. The topological polar surface area (TPSA) is 49.4 Å². The molecule has 70 valence electrons. The highest BCUT2D eigenvalue weighted by Crippen LogP contribution is 1.90. The van der Waals surface area contributed by atoms with Gasteiger partial charge >= 0.3 is 5.37 Å². The second-order valence-corrected chi connectivity index (χ2v) is 2.78. The third-order valence-electron chi connectivity index (χ3n) is 1.25. The van der Waals surface area contributed by atoms with Gasteiger partial charge in [-0.15, -0.1) is 0 Å². The summed E-state index contributed by atoms with van der Waals surface area (Å²) in [7, 11) is 1.47. The Bertz CT molecular complexity index is 173. The highest BCUT2D eigenvalue weighted by molar-refractivity contribution is 6.62. The van der Waals surface area contributed by atoms with Crippen LogP contribution in [0.15, 0.2) is 0 Å². The van der Waals surface area contributed by atoms with Crippen LogP contribution in [-0.4, -0.2) is 36.3 Å². The molecule has 0 aromatic heterocycles. The minimum atomic E-state index is -0.623. The average Bonchev–Trinajstić information content (AvgIpc) is 2.00. The summed E-state index contributed by atoms with van der Waals surface area (Å²) in [5.74, 6) is -0.187. The number of hydrogen-bond donors (Lipinski definition) is 1. The number of likely N-dealkylation sites (N-methyl/N-ethyl adjacent to an activating group) is 1. The molecule has 2 amide bonds. The van der Waals surface area contributed by atoms with Gasteiger partial charge in [-0.1, -0.05) is 6.92 Å². The average molecular weight is 193 g/mol. The summed E-state index contributed by atoms with van der Waals surface area (Å²) < 4.78 is 0. The number of amides is 2. The summed E-state index contributed by atoms with van der Waals surface area (Å²) in [6.07, 6.45) is 0.879. The van der Waals surface area contributed by atoms with Gasteiger partial charge in [-0.05, 0) is 18.0 Å². The zero-order valence-electron chi connectivity index (χ0n) is 7.26. The fraction of sp³-hybridized carbons (Fsp3) is 0.714. The number of carbonyl (C=O) groups excluding carboxylic acids is 2. The van der Waals surface area contributed by atoms with E-state index < -0.39 is 5.37 Å². The van der Waals surface area contributed by atoms with Gasteiger partial charge in [0.2, 0.25) is 5.91 Å². The lowest BCUT2D eigenvalue weighted by atomic mass is 10.4. The predicted octanol–water partition coefficient (Wildman–Crippen LogP) is 0.803. The van der Waals surface area contributed by atoms with E-state index in [0.29, 0.717) is 6.54 Å². The molecule has 1 N–H and O–H groups in total. The van der Waals surface area contributed by atoms with Crippen LogP contribution in [-0.2, 0) is 4.79 Å². The first kappa shape index (κ1) is 11.2. The Labute approximate surface area is 76.9 Å². The first-order valence-corrected chi connectivity index (χ1v) is 4.13. The molecule has 0 saturated heterocycles. The standard InChI is InChI=1S/C7H13ClN2O2/c1-3-4-9-6(11)5-10(2)7(8)12/h3-5H2,1-2H3,(H,9,11). The van der Waals surface area contributed by atoms with Gasteiger partial charge in [0.05, 0.1) is 0 Å². The molecule has 0 aliphatic heterocycles. The Hall–Kier alpha value is -0.770. The third-order valence-corrected chi connectivity index (χ3v) is 1.54. The summed E-state index contributed by atoms with van der Waals surface area (Å²) >= 11 is 5.11. The van der Waals surface area contributed by atoms with Gasteiger partial charge in [0.25, 0.3) is 0 Å². The monoisotopic (exact) mass is 192 g/mol. The molecule has 0 aromatic rings. The summed E-state index contributed by atoms with van der Waals surface area (Å²) in [5, 5.41) is 2.00. The lowest BCUT2D eigenvalue weighted by molar-refractivity contribution is -0.121. The van der Waals surface area contributed by atoms with E-state index in [1.807, 2.05) is 6.92 Å². The molecule has 0 fully saturated rings. The van der Waals surface area contributed by atoms with Crippen molar-refractivity contribution < 1.29 is 9.59 Å². The molecule has 12 heavy (non-hydrogen) atoms. The van der Waals surface area contributed by atoms with E-state index in [1.165, 1.54) is 7.05 Å². The van der Waals surface area contributed by atoms with Crippen molar-refractivity contribution in [2.45, 2.75) is 13.3 Å². The first-order valence-electron chi connectivity index (χ1n) is 3.75. The molecule has 0 aromatic carbocycles. The molecule has 0 aliphatic carbocycles. The molecule has 5 heteroatoms. The van der Waals surface area contributed by atoms with E-state index in [9.17, 15) is 9.59 Å². The van der Waals surface area contributed by atoms with Gasteiger partial charge in [-0.2, -0.15) is 0 Å². The summed E-state index contributed by atoms with van der Waals surface area (Å²) in [4.78, 5) is 22.6. The van der Waals surface area contributed by atoms with Crippen molar-refractivity contribution in [3.8, 4) is 0 Å². The maximum atomic E-state index is 11.0. The van der Waals surface area contributed by atoms with E-state index in [2.05, 4.69) is 5.32 Å². The first-order chi connectivity index (χ1) is 5.57. The van der Waals surface area contributed by atoms with Gasteiger partial charge in [0.15, 0.2) is 0 Å². The van der Waals surface area contributed by atoms with Crippen LogP contribution >= 0.6 is 11.6 Å². The quantitative estimate of drug-likeness (QED) is 0.529. The minimum absolute atomic E-state index is 0.0162. The van der Waals surface area contributed by atoms with Crippen LogP contribution in [0.25, 0.3) is 0 Å².